The number of sulfone groups is 1. The molecule has 1 saturated heterocycles. The minimum atomic E-state index is -2.90. The topological polar surface area (TPSA) is 76.1 Å². The highest BCUT2D eigenvalue weighted by molar-refractivity contribution is 7.91. The van der Waals surface area contributed by atoms with Crippen molar-refractivity contribution < 1.29 is 23.0 Å². The van der Waals surface area contributed by atoms with Crippen molar-refractivity contribution in [2.24, 2.45) is 0 Å². The summed E-state index contributed by atoms with van der Waals surface area (Å²) in [6, 6.07) is 7.12. The van der Waals surface area contributed by atoms with E-state index in [9.17, 15) is 13.5 Å². The largest absolute Gasteiger partial charge is 0.497 e. The van der Waals surface area contributed by atoms with Crippen LogP contribution in [0.5, 0.6) is 11.5 Å². The third-order valence-electron chi connectivity index (χ3n) is 3.83. The second kappa shape index (κ2) is 7.30. The normalized spacial score (nSPS) is 21.7. The smallest absolute Gasteiger partial charge is 0.151 e. The van der Waals surface area contributed by atoms with E-state index in [1.165, 1.54) is 0 Å². The quantitative estimate of drug-likeness (QED) is 0.787. The van der Waals surface area contributed by atoms with Gasteiger partial charge in [0.2, 0.25) is 0 Å². The molecule has 1 N–H and O–H groups in total. The fraction of sp³-hybridized carbons (Fsp3) is 0.600. The predicted octanol–water partition coefficient (Wildman–Crippen LogP) is 0.554. The number of benzene rings is 1. The predicted molar refractivity (Wildman–Crippen MR) is 84.2 cm³/mol. The summed E-state index contributed by atoms with van der Waals surface area (Å²) in [7, 11) is 0.527. The number of aliphatic hydroxyl groups is 1. The minimum absolute atomic E-state index is 0.0133. The summed E-state index contributed by atoms with van der Waals surface area (Å²) < 4.78 is 33.5. The molecule has 7 heteroatoms. The Bertz CT molecular complexity index is 572. The lowest BCUT2D eigenvalue weighted by Gasteiger charge is -2.25. The van der Waals surface area contributed by atoms with E-state index in [-0.39, 0.29) is 24.2 Å². The van der Waals surface area contributed by atoms with Crippen LogP contribution in [0, 0.1) is 0 Å². The van der Waals surface area contributed by atoms with Gasteiger partial charge in [-0.3, -0.25) is 4.90 Å². The van der Waals surface area contributed by atoms with Crippen molar-refractivity contribution in [3.63, 3.8) is 0 Å². The van der Waals surface area contributed by atoms with Gasteiger partial charge in [0.15, 0.2) is 9.84 Å². The van der Waals surface area contributed by atoms with E-state index >= 15 is 0 Å². The van der Waals surface area contributed by atoms with Crippen molar-refractivity contribution in [1.82, 2.24) is 4.90 Å². The fourth-order valence-electron chi connectivity index (χ4n) is 2.52. The standard InChI is InChI=1S/C15H23NO5S/c1-16(12-7-8-22(18,19)11-12)9-13(17)10-21-15-5-3-14(20-2)4-6-15/h3-6,12-13,17H,7-11H2,1-2H3/t12-,13-/m0/s1. The Kier molecular flexibility index (Phi) is 5.66. The van der Waals surface area contributed by atoms with Gasteiger partial charge in [-0.05, 0) is 37.7 Å². The number of likely N-dealkylation sites (N-methyl/N-ethyl adjacent to an activating group) is 1. The van der Waals surface area contributed by atoms with Crippen molar-refractivity contribution in [3.8, 4) is 11.5 Å². The van der Waals surface area contributed by atoms with E-state index in [4.69, 9.17) is 9.47 Å². The van der Waals surface area contributed by atoms with Crippen LogP contribution in [0.4, 0.5) is 0 Å². The molecule has 0 aromatic heterocycles. The van der Waals surface area contributed by atoms with Crippen LogP contribution in [-0.2, 0) is 9.84 Å². The van der Waals surface area contributed by atoms with Crippen molar-refractivity contribution in [3.05, 3.63) is 24.3 Å². The molecule has 0 unspecified atom stereocenters. The molecule has 6 nitrogen and oxygen atoms in total. The molecule has 0 spiro atoms. The third kappa shape index (κ3) is 4.86. The SMILES string of the molecule is COc1ccc(OC[C@@H](O)CN(C)[C@H]2CCS(=O)(=O)C2)cc1. The molecule has 1 heterocycles. The summed E-state index contributed by atoms with van der Waals surface area (Å²) in [5, 5.41) is 10.0. The maximum atomic E-state index is 11.5. The number of methoxy groups -OCH3 is 1. The van der Waals surface area contributed by atoms with Gasteiger partial charge in [-0.15, -0.1) is 0 Å². The van der Waals surface area contributed by atoms with Crippen LogP contribution in [0.15, 0.2) is 24.3 Å². The Hall–Kier alpha value is -1.31. The lowest BCUT2D eigenvalue weighted by molar-refractivity contribution is 0.0664. The van der Waals surface area contributed by atoms with Crippen LogP contribution in [0.3, 0.4) is 0 Å². The molecule has 1 aromatic rings. The zero-order valence-electron chi connectivity index (χ0n) is 12.9. The van der Waals surface area contributed by atoms with Gasteiger partial charge in [0, 0.05) is 12.6 Å². The summed E-state index contributed by atoms with van der Waals surface area (Å²) in [6.07, 6.45) is -0.0411. The second-order valence-electron chi connectivity index (χ2n) is 5.64. The van der Waals surface area contributed by atoms with Crippen LogP contribution >= 0.6 is 0 Å². The van der Waals surface area contributed by atoms with Gasteiger partial charge < -0.3 is 14.6 Å². The van der Waals surface area contributed by atoms with Gasteiger partial charge >= 0.3 is 0 Å². The van der Waals surface area contributed by atoms with Crippen LogP contribution in [-0.4, -0.2) is 69.4 Å². The van der Waals surface area contributed by atoms with Crippen LogP contribution in [0.1, 0.15) is 6.42 Å². The third-order valence-corrected chi connectivity index (χ3v) is 5.58. The average Bonchev–Trinajstić information content (AvgIpc) is 2.86. The number of hydrogen-bond donors (Lipinski definition) is 1. The maximum Gasteiger partial charge on any atom is 0.151 e. The summed E-state index contributed by atoms with van der Waals surface area (Å²) in [6.45, 7) is 0.548. The summed E-state index contributed by atoms with van der Waals surface area (Å²) in [5.74, 6) is 1.82. The average molecular weight is 329 g/mol. The Morgan fingerprint density at radius 1 is 1.32 bits per heavy atom. The first-order chi connectivity index (χ1) is 10.4. The van der Waals surface area contributed by atoms with E-state index in [1.54, 1.807) is 31.4 Å². The first-order valence-electron chi connectivity index (χ1n) is 7.25. The Morgan fingerprint density at radius 2 is 1.95 bits per heavy atom. The van der Waals surface area contributed by atoms with Crippen molar-refractivity contribution in [2.45, 2.75) is 18.6 Å². The van der Waals surface area contributed by atoms with Crippen molar-refractivity contribution in [2.75, 3.05) is 38.8 Å². The fourth-order valence-corrected chi connectivity index (χ4v) is 4.33. The molecule has 1 aromatic carbocycles. The number of ether oxygens (including phenoxy) is 2. The molecule has 0 amide bonds. The second-order valence-corrected chi connectivity index (χ2v) is 7.87. The van der Waals surface area contributed by atoms with Gasteiger partial charge in [0.05, 0.1) is 18.6 Å². The Balaban J connectivity index is 1.76. The molecule has 1 aliphatic rings. The molecule has 0 saturated carbocycles. The van der Waals surface area contributed by atoms with Crippen molar-refractivity contribution in [1.29, 1.82) is 0 Å². The highest BCUT2D eigenvalue weighted by Gasteiger charge is 2.31. The molecule has 0 radical (unpaired) electrons. The molecule has 0 aliphatic carbocycles. The van der Waals surface area contributed by atoms with Crippen LogP contribution in [0.25, 0.3) is 0 Å². The van der Waals surface area contributed by atoms with E-state index in [0.29, 0.717) is 18.7 Å². The maximum absolute atomic E-state index is 11.5. The zero-order chi connectivity index (χ0) is 16.2. The molecule has 124 valence electrons. The lowest BCUT2D eigenvalue weighted by atomic mass is 10.2. The zero-order valence-corrected chi connectivity index (χ0v) is 13.8. The number of hydrogen-bond acceptors (Lipinski definition) is 6. The van der Waals surface area contributed by atoms with Crippen LogP contribution in [0.2, 0.25) is 0 Å². The van der Waals surface area contributed by atoms with Gasteiger partial charge in [-0.1, -0.05) is 0 Å². The van der Waals surface area contributed by atoms with E-state index in [0.717, 1.165) is 5.75 Å². The monoisotopic (exact) mass is 329 g/mol. The lowest BCUT2D eigenvalue weighted by Crippen LogP contribution is -2.40. The molecular weight excluding hydrogens is 306 g/mol. The molecule has 1 fully saturated rings. The molecule has 0 bridgehead atoms. The van der Waals surface area contributed by atoms with E-state index < -0.39 is 15.9 Å². The molecule has 2 rings (SSSR count). The first-order valence-corrected chi connectivity index (χ1v) is 9.07. The van der Waals surface area contributed by atoms with Gasteiger partial charge in [-0.2, -0.15) is 0 Å². The van der Waals surface area contributed by atoms with Crippen molar-refractivity contribution >= 4 is 9.84 Å². The number of rotatable bonds is 7. The van der Waals surface area contributed by atoms with Crippen LogP contribution < -0.4 is 9.47 Å². The summed E-state index contributed by atoms with van der Waals surface area (Å²) in [5.41, 5.74) is 0. The molecular formula is C15H23NO5S. The summed E-state index contributed by atoms with van der Waals surface area (Å²) >= 11 is 0. The van der Waals surface area contributed by atoms with Gasteiger partial charge in [-0.25, -0.2) is 8.42 Å². The highest BCUT2D eigenvalue weighted by Crippen LogP contribution is 2.18. The molecule has 2 atom stereocenters. The Labute approximate surface area is 131 Å². The van der Waals surface area contributed by atoms with Gasteiger partial charge in [0.25, 0.3) is 0 Å². The number of aliphatic hydroxyl groups excluding tert-OH is 1. The van der Waals surface area contributed by atoms with E-state index in [2.05, 4.69) is 0 Å². The number of nitrogens with zero attached hydrogens (tertiary/aromatic N) is 1. The summed E-state index contributed by atoms with van der Waals surface area (Å²) in [4.78, 5) is 1.90. The molecule has 1 aliphatic heterocycles. The minimum Gasteiger partial charge on any atom is -0.497 e. The Morgan fingerprint density at radius 3 is 2.50 bits per heavy atom. The highest BCUT2D eigenvalue weighted by atomic mass is 32.2. The first kappa shape index (κ1) is 17.1. The molecule has 22 heavy (non-hydrogen) atoms. The van der Waals surface area contributed by atoms with E-state index in [1.807, 2.05) is 11.9 Å². The van der Waals surface area contributed by atoms with Gasteiger partial charge in [0.1, 0.15) is 24.2 Å².